The molecule has 0 atom stereocenters. The van der Waals surface area contributed by atoms with Gasteiger partial charge in [-0.2, -0.15) is 4.68 Å². The van der Waals surface area contributed by atoms with E-state index in [9.17, 15) is 9.18 Å². The third-order valence-corrected chi connectivity index (χ3v) is 2.42. The summed E-state index contributed by atoms with van der Waals surface area (Å²) in [6.45, 7) is 9.04. The highest BCUT2D eigenvalue weighted by atomic mass is 19.1. The van der Waals surface area contributed by atoms with E-state index in [1.54, 1.807) is 6.92 Å². The zero-order chi connectivity index (χ0) is 13.8. The van der Waals surface area contributed by atoms with Crippen LogP contribution < -0.4 is 0 Å². The molecule has 96 valence electrons. The van der Waals surface area contributed by atoms with Gasteiger partial charge >= 0.3 is 5.97 Å². The lowest BCUT2D eigenvalue weighted by Gasteiger charge is -2.01. The smallest absolute Gasteiger partial charge is 0.330 e. The first-order chi connectivity index (χ1) is 9.17. The van der Waals surface area contributed by atoms with Gasteiger partial charge in [-0.1, -0.05) is 6.57 Å². The number of hydrogen-bond donors (Lipinski definition) is 0. The van der Waals surface area contributed by atoms with Crippen LogP contribution in [0.1, 0.15) is 17.3 Å². The van der Waals surface area contributed by atoms with Gasteiger partial charge in [0.2, 0.25) is 0 Å². The van der Waals surface area contributed by atoms with E-state index < -0.39 is 5.97 Å². The molecule has 0 unspecified atom stereocenters. The summed E-state index contributed by atoms with van der Waals surface area (Å²) >= 11 is 0. The van der Waals surface area contributed by atoms with Gasteiger partial charge in [0.1, 0.15) is 17.1 Å². The third kappa shape index (κ3) is 2.45. The maximum atomic E-state index is 12.9. The van der Waals surface area contributed by atoms with Crippen molar-refractivity contribution in [3.63, 3.8) is 0 Å². The molecule has 0 aliphatic heterocycles. The summed E-state index contributed by atoms with van der Waals surface area (Å²) in [5.74, 6) is -0.933. The van der Waals surface area contributed by atoms with Crippen LogP contribution in [-0.4, -0.2) is 22.4 Å². The van der Waals surface area contributed by atoms with Crippen molar-refractivity contribution >= 4 is 11.8 Å². The van der Waals surface area contributed by atoms with Crippen molar-refractivity contribution in [3.05, 3.63) is 53.3 Å². The Labute approximate surface area is 109 Å². The number of carbonyl (C=O) groups is 1. The van der Waals surface area contributed by atoms with E-state index in [-0.39, 0.29) is 23.8 Å². The van der Waals surface area contributed by atoms with Crippen molar-refractivity contribution in [2.45, 2.75) is 6.92 Å². The lowest BCUT2D eigenvalue weighted by molar-refractivity contribution is 0.0527. The maximum absolute atomic E-state index is 12.9. The number of esters is 1. The monoisotopic (exact) mass is 259 g/mol. The van der Waals surface area contributed by atoms with Gasteiger partial charge in [0.15, 0.2) is 0 Å². The summed E-state index contributed by atoms with van der Waals surface area (Å²) in [5.41, 5.74) is 0.601. The molecule has 1 aromatic heterocycles. The number of hydrogen-bond acceptors (Lipinski definition) is 3. The second-order valence-corrected chi connectivity index (χ2v) is 3.60. The average Bonchev–Trinajstić information content (AvgIpc) is 2.83. The van der Waals surface area contributed by atoms with Gasteiger partial charge in [-0.15, -0.1) is 5.10 Å². The molecule has 0 saturated carbocycles. The van der Waals surface area contributed by atoms with Gasteiger partial charge < -0.3 is 9.58 Å². The van der Waals surface area contributed by atoms with Crippen LogP contribution in [0.5, 0.6) is 0 Å². The van der Waals surface area contributed by atoms with Gasteiger partial charge in [0.25, 0.3) is 5.82 Å². The summed E-state index contributed by atoms with van der Waals surface area (Å²) in [6, 6.07) is 5.47. The topological polar surface area (TPSA) is 48.5 Å². The molecule has 0 saturated heterocycles. The molecule has 0 bridgehead atoms. The van der Waals surface area contributed by atoms with Crippen LogP contribution >= 0.6 is 0 Å². The van der Waals surface area contributed by atoms with E-state index >= 15 is 0 Å². The molecule has 0 radical (unpaired) electrons. The molecule has 0 fully saturated rings. The Morgan fingerprint density at radius 2 is 2.16 bits per heavy atom. The van der Waals surface area contributed by atoms with E-state index in [0.717, 1.165) is 0 Å². The second-order valence-electron chi connectivity index (χ2n) is 3.60. The number of aromatic nitrogens is 2. The first-order valence-electron chi connectivity index (χ1n) is 5.56. The summed E-state index contributed by atoms with van der Waals surface area (Å²) in [6.07, 6.45) is 1.27. The average molecular weight is 259 g/mol. The van der Waals surface area contributed by atoms with E-state index in [2.05, 4.69) is 9.94 Å². The Morgan fingerprint density at radius 3 is 2.74 bits per heavy atom. The molecule has 1 heterocycles. The molecule has 0 aliphatic carbocycles. The molecule has 0 amide bonds. The SMILES string of the molecule is [C-]#[N+]c1c(C(=O)OCC)cnn1-c1ccc(F)cc1. The fraction of sp³-hybridized carbons (Fsp3) is 0.154. The maximum Gasteiger partial charge on any atom is 0.330 e. The molecule has 6 heteroatoms. The molecule has 0 spiro atoms. The van der Waals surface area contributed by atoms with Crippen LogP contribution in [-0.2, 0) is 4.74 Å². The summed E-state index contributed by atoms with van der Waals surface area (Å²) in [5, 5.41) is 3.97. The van der Waals surface area contributed by atoms with Crippen LogP contribution in [0.3, 0.4) is 0 Å². The molecule has 0 N–H and O–H groups in total. The van der Waals surface area contributed by atoms with Crippen molar-refractivity contribution in [2.75, 3.05) is 6.61 Å². The van der Waals surface area contributed by atoms with E-state index in [4.69, 9.17) is 11.3 Å². The predicted octanol–water partition coefficient (Wildman–Crippen LogP) is 2.74. The highest BCUT2D eigenvalue weighted by Crippen LogP contribution is 2.24. The molecular weight excluding hydrogens is 249 g/mol. The van der Waals surface area contributed by atoms with E-state index in [1.165, 1.54) is 35.1 Å². The number of nitrogens with zero attached hydrogens (tertiary/aromatic N) is 3. The van der Waals surface area contributed by atoms with Gasteiger partial charge in [0.05, 0.1) is 12.8 Å². The third-order valence-electron chi connectivity index (χ3n) is 2.42. The van der Waals surface area contributed by atoms with Crippen molar-refractivity contribution in [2.24, 2.45) is 0 Å². The van der Waals surface area contributed by atoms with Crippen molar-refractivity contribution < 1.29 is 13.9 Å². The number of halogens is 1. The fourth-order valence-corrected chi connectivity index (χ4v) is 1.57. The van der Waals surface area contributed by atoms with Crippen LogP contribution in [0.15, 0.2) is 30.5 Å². The normalized spacial score (nSPS) is 9.95. The number of rotatable bonds is 3. The van der Waals surface area contributed by atoms with Gasteiger partial charge in [-0.25, -0.2) is 9.18 Å². The number of carbonyl (C=O) groups excluding carboxylic acids is 1. The summed E-state index contributed by atoms with van der Waals surface area (Å²) in [7, 11) is 0. The van der Waals surface area contributed by atoms with Crippen molar-refractivity contribution in [1.29, 1.82) is 0 Å². The first kappa shape index (κ1) is 12.8. The minimum absolute atomic E-state index is 0.0464. The highest BCUT2D eigenvalue weighted by Gasteiger charge is 2.20. The van der Waals surface area contributed by atoms with Crippen molar-refractivity contribution in [3.8, 4) is 5.69 Å². The quantitative estimate of drug-likeness (QED) is 0.629. The van der Waals surface area contributed by atoms with Gasteiger partial charge in [-0.3, -0.25) is 0 Å². The standard InChI is InChI=1S/C13H10FN3O2/c1-3-19-13(18)11-8-16-17(12(11)15-2)10-6-4-9(14)5-7-10/h4-8H,3H2,1H3. The van der Waals surface area contributed by atoms with E-state index in [0.29, 0.717) is 5.69 Å². The Hall–Kier alpha value is -2.68. The van der Waals surface area contributed by atoms with E-state index in [1.807, 2.05) is 0 Å². The predicted molar refractivity (Wildman–Crippen MR) is 65.7 cm³/mol. The Balaban J connectivity index is 2.46. The first-order valence-corrected chi connectivity index (χ1v) is 5.56. The van der Waals surface area contributed by atoms with Gasteiger partial charge in [0, 0.05) is 0 Å². The Bertz CT molecular complexity index is 641. The van der Waals surface area contributed by atoms with Crippen LogP contribution in [0, 0.1) is 12.4 Å². The van der Waals surface area contributed by atoms with Crippen LogP contribution in [0.4, 0.5) is 10.2 Å². The van der Waals surface area contributed by atoms with Gasteiger partial charge in [-0.05, 0) is 31.2 Å². The van der Waals surface area contributed by atoms with Crippen LogP contribution in [0.2, 0.25) is 0 Å². The summed E-state index contributed by atoms with van der Waals surface area (Å²) < 4.78 is 19.0. The largest absolute Gasteiger partial charge is 0.463 e. The zero-order valence-electron chi connectivity index (χ0n) is 10.1. The Morgan fingerprint density at radius 1 is 1.47 bits per heavy atom. The summed E-state index contributed by atoms with van der Waals surface area (Å²) in [4.78, 5) is 14.9. The molecular formula is C13H10FN3O2. The second kappa shape index (κ2) is 5.31. The Kier molecular flexibility index (Phi) is 3.57. The zero-order valence-corrected chi connectivity index (χ0v) is 10.1. The minimum atomic E-state index is -0.595. The van der Waals surface area contributed by atoms with Crippen LogP contribution in [0.25, 0.3) is 10.5 Å². The number of benzene rings is 1. The van der Waals surface area contributed by atoms with Crippen molar-refractivity contribution in [1.82, 2.24) is 9.78 Å². The lowest BCUT2D eigenvalue weighted by atomic mass is 10.3. The fourth-order valence-electron chi connectivity index (χ4n) is 1.57. The highest BCUT2D eigenvalue weighted by molar-refractivity contribution is 5.95. The molecule has 19 heavy (non-hydrogen) atoms. The molecule has 5 nitrogen and oxygen atoms in total. The number of ether oxygens (including phenoxy) is 1. The molecule has 0 aliphatic rings. The lowest BCUT2D eigenvalue weighted by Crippen LogP contribution is -2.04. The molecule has 2 aromatic rings. The molecule has 2 rings (SSSR count). The molecule has 1 aromatic carbocycles. The minimum Gasteiger partial charge on any atom is -0.463 e.